The molecule has 2 fully saturated rings. The fourth-order valence-corrected chi connectivity index (χ4v) is 4.21. The van der Waals surface area contributed by atoms with Crippen LogP contribution in [-0.4, -0.2) is 59.4 Å². The zero-order chi connectivity index (χ0) is 16.9. The maximum atomic E-state index is 12.6. The van der Waals surface area contributed by atoms with Crippen LogP contribution in [0.2, 0.25) is 0 Å². The first-order chi connectivity index (χ1) is 11.7. The number of aryl methyl sites for hydroxylation is 1. The first-order valence-electron chi connectivity index (χ1n) is 9.40. The minimum atomic E-state index is 0. The number of piperidine rings is 1. The number of halogens is 2. The number of nitrogens with zero attached hydrogens (tertiary/aromatic N) is 3. The van der Waals surface area contributed by atoms with Crippen molar-refractivity contribution in [1.82, 2.24) is 25.3 Å². The van der Waals surface area contributed by atoms with Crippen molar-refractivity contribution in [2.45, 2.75) is 44.6 Å². The molecule has 0 aliphatic carbocycles. The van der Waals surface area contributed by atoms with Crippen LogP contribution in [0.15, 0.2) is 12.4 Å². The quantitative estimate of drug-likeness (QED) is 0.758. The van der Waals surface area contributed by atoms with Gasteiger partial charge in [-0.05, 0) is 31.4 Å². The van der Waals surface area contributed by atoms with Gasteiger partial charge in [-0.3, -0.25) is 14.4 Å². The SMILES string of the molecule is CCC1CCCCN1CCNC(=O)[C@H]1CNC[C@@H]1c1cnn(C)c1.Cl.Cl. The van der Waals surface area contributed by atoms with Crippen LogP contribution in [0.3, 0.4) is 0 Å². The van der Waals surface area contributed by atoms with Crippen molar-refractivity contribution in [2.24, 2.45) is 13.0 Å². The van der Waals surface area contributed by atoms with Crippen molar-refractivity contribution >= 4 is 30.7 Å². The average Bonchev–Trinajstić information content (AvgIpc) is 3.23. The van der Waals surface area contributed by atoms with Crippen LogP contribution in [0.1, 0.15) is 44.1 Å². The van der Waals surface area contributed by atoms with Crippen LogP contribution in [0.4, 0.5) is 0 Å². The van der Waals surface area contributed by atoms with E-state index in [1.165, 1.54) is 32.2 Å². The van der Waals surface area contributed by atoms with Crippen molar-refractivity contribution in [1.29, 1.82) is 0 Å². The zero-order valence-electron chi connectivity index (χ0n) is 15.8. The van der Waals surface area contributed by atoms with Gasteiger partial charge in [-0.1, -0.05) is 13.3 Å². The molecule has 1 aromatic rings. The zero-order valence-corrected chi connectivity index (χ0v) is 17.5. The molecule has 2 aliphatic heterocycles. The van der Waals surface area contributed by atoms with Gasteiger partial charge >= 0.3 is 0 Å². The summed E-state index contributed by atoms with van der Waals surface area (Å²) in [6.07, 6.45) is 9.07. The molecule has 1 aromatic heterocycles. The summed E-state index contributed by atoms with van der Waals surface area (Å²) in [5.41, 5.74) is 1.16. The maximum Gasteiger partial charge on any atom is 0.225 e. The van der Waals surface area contributed by atoms with E-state index in [0.717, 1.165) is 31.7 Å². The molecule has 2 saturated heterocycles. The number of carbonyl (C=O) groups excluding carboxylic acids is 1. The monoisotopic (exact) mass is 405 g/mol. The van der Waals surface area contributed by atoms with E-state index in [0.29, 0.717) is 6.04 Å². The second kappa shape index (κ2) is 11.1. The minimum Gasteiger partial charge on any atom is -0.355 e. The highest BCUT2D eigenvalue weighted by Gasteiger charge is 2.34. The molecule has 3 heterocycles. The lowest BCUT2D eigenvalue weighted by Gasteiger charge is -2.35. The summed E-state index contributed by atoms with van der Waals surface area (Å²) >= 11 is 0. The average molecular weight is 406 g/mol. The first kappa shape index (κ1) is 23.2. The number of likely N-dealkylation sites (tertiary alicyclic amines) is 1. The van der Waals surface area contributed by atoms with Gasteiger partial charge in [0.05, 0.1) is 12.1 Å². The lowest BCUT2D eigenvalue weighted by atomic mass is 9.90. The van der Waals surface area contributed by atoms with Gasteiger partial charge in [0.15, 0.2) is 0 Å². The van der Waals surface area contributed by atoms with Crippen LogP contribution < -0.4 is 10.6 Å². The fourth-order valence-electron chi connectivity index (χ4n) is 4.21. The van der Waals surface area contributed by atoms with Crippen molar-refractivity contribution in [3.63, 3.8) is 0 Å². The Hall–Kier alpha value is -0.820. The molecule has 3 atom stereocenters. The van der Waals surface area contributed by atoms with E-state index < -0.39 is 0 Å². The largest absolute Gasteiger partial charge is 0.355 e. The van der Waals surface area contributed by atoms with Gasteiger partial charge in [-0.2, -0.15) is 5.10 Å². The molecule has 2 N–H and O–H groups in total. The molecular weight excluding hydrogens is 373 g/mol. The Kier molecular flexibility index (Phi) is 9.93. The highest BCUT2D eigenvalue weighted by molar-refractivity contribution is 5.85. The molecule has 0 radical (unpaired) electrons. The van der Waals surface area contributed by atoms with E-state index in [1.807, 2.05) is 24.1 Å². The molecular formula is C18H33Cl2N5O. The molecule has 0 bridgehead atoms. The Morgan fingerprint density at radius 1 is 1.35 bits per heavy atom. The number of hydrogen-bond acceptors (Lipinski definition) is 4. The van der Waals surface area contributed by atoms with Crippen molar-refractivity contribution in [3.05, 3.63) is 18.0 Å². The molecule has 1 unspecified atom stereocenters. The van der Waals surface area contributed by atoms with Crippen molar-refractivity contribution < 1.29 is 4.79 Å². The Balaban J connectivity index is 0.00000169. The highest BCUT2D eigenvalue weighted by Crippen LogP contribution is 2.27. The topological polar surface area (TPSA) is 62.2 Å². The highest BCUT2D eigenvalue weighted by atomic mass is 35.5. The molecule has 0 spiro atoms. The van der Waals surface area contributed by atoms with Crippen molar-refractivity contribution in [3.8, 4) is 0 Å². The molecule has 3 rings (SSSR count). The number of amides is 1. The van der Waals surface area contributed by atoms with E-state index in [9.17, 15) is 4.79 Å². The Bertz CT molecular complexity index is 553. The predicted molar refractivity (Wildman–Crippen MR) is 109 cm³/mol. The van der Waals surface area contributed by atoms with Gasteiger partial charge in [0.25, 0.3) is 0 Å². The number of hydrogen-bond donors (Lipinski definition) is 2. The molecule has 150 valence electrons. The minimum absolute atomic E-state index is 0. The third-order valence-corrected chi connectivity index (χ3v) is 5.62. The number of carbonyl (C=O) groups is 1. The molecule has 8 heteroatoms. The van der Waals surface area contributed by atoms with Crippen LogP contribution in [0, 0.1) is 5.92 Å². The molecule has 6 nitrogen and oxygen atoms in total. The summed E-state index contributed by atoms with van der Waals surface area (Å²) in [5, 5.41) is 10.8. The van der Waals surface area contributed by atoms with E-state index in [2.05, 4.69) is 27.6 Å². The van der Waals surface area contributed by atoms with E-state index in [1.54, 1.807) is 0 Å². The lowest BCUT2D eigenvalue weighted by molar-refractivity contribution is -0.124. The van der Waals surface area contributed by atoms with Crippen LogP contribution >= 0.6 is 24.8 Å². The normalized spacial score (nSPS) is 26.0. The summed E-state index contributed by atoms with van der Waals surface area (Å²) in [6.45, 7) is 6.79. The van der Waals surface area contributed by atoms with Gasteiger partial charge < -0.3 is 10.6 Å². The molecule has 0 saturated carbocycles. The summed E-state index contributed by atoms with van der Waals surface area (Å²) < 4.78 is 1.81. The molecule has 1 amide bonds. The summed E-state index contributed by atoms with van der Waals surface area (Å²) in [7, 11) is 1.92. The standard InChI is InChI=1S/C18H31N5O.2ClH/c1-3-15-6-4-5-8-23(15)9-7-20-18(24)17-12-19-11-16(17)14-10-21-22(2)13-14;;/h10,13,15-17,19H,3-9,11-12H2,1-2H3,(H,20,24);2*1H/t15?,16-,17+;;/m1../s1. The molecule has 0 aromatic carbocycles. The lowest BCUT2D eigenvalue weighted by Crippen LogP contribution is -2.44. The summed E-state index contributed by atoms with van der Waals surface area (Å²) in [4.78, 5) is 15.2. The second-order valence-electron chi connectivity index (χ2n) is 7.20. The smallest absolute Gasteiger partial charge is 0.225 e. The number of rotatable bonds is 6. The summed E-state index contributed by atoms with van der Waals surface area (Å²) in [5.74, 6) is 0.425. The maximum absolute atomic E-state index is 12.6. The van der Waals surface area contributed by atoms with Gasteiger partial charge in [0.1, 0.15) is 0 Å². The molecule has 2 aliphatic rings. The first-order valence-corrected chi connectivity index (χ1v) is 9.40. The molecule has 26 heavy (non-hydrogen) atoms. The van der Waals surface area contributed by atoms with Crippen molar-refractivity contribution in [2.75, 3.05) is 32.7 Å². The van der Waals surface area contributed by atoms with Crippen LogP contribution in [-0.2, 0) is 11.8 Å². The van der Waals surface area contributed by atoms with E-state index in [-0.39, 0.29) is 42.6 Å². The predicted octanol–water partition coefficient (Wildman–Crippen LogP) is 1.95. The fraction of sp³-hybridized carbons (Fsp3) is 0.778. The van der Waals surface area contributed by atoms with E-state index in [4.69, 9.17) is 0 Å². The number of aromatic nitrogens is 2. The Morgan fingerprint density at radius 3 is 2.85 bits per heavy atom. The second-order valence-corrected chi connectivity index (χ2v) is 7.20. The van der Waals surface area contributed by atoms with Gasteiger partial charge in [0.2, 0.25) is 5.91 Å². The third-order valence-electron chi connectivity index (χ3n) is 5.62. The Labute approximate surface area is 169 Å². The van der Waals surface area contributed by atoms with Gasteiger partial charge in [-0.15, -0.1) is 24.8 Å². The van der Waals surface area contributed by atoms with Crippen LogP contribution in [0.5, 0.6) is 0 Å². The van der Waals surface area contributed by atoms with E-state index >= 15 is 0 Å². The van der Waals surface area contributed by atoms with Crippen LogP contribution in [0.25, 0.3) is 0 Å². The van der Waals surface area contributed by atoms with Gasteiger partial charge in [0, 0.05) is 51.4 Å². The third kappa shape index (κ3) is 5.59. The van der Waals surface area contributed by atoms with Gasteiger partial charge in [-0.25, -0.2) is 0 Å². The summed E-state index contributed by atoms with van der Waals surface area (Å²) in [6, 6.07) is 0.701. The number of nitrogens with one attached hydrogen (secondary N) is 2. The Morgan fingerprint density at radius 2 is 2.15 bits per heavy atom.